The van der Waals surface area contributed by atoms with Crippen LogP contribution in [0.15, 0.2) is 0 Å². The zero-order valence-electron chi connectivity index (χ0n) is 8.83. The van der Waals surface area contributed by atoms with Crippen LogP contribution in [0, 0.1) is 0 Å². The summed E-state index contributed by atoms with van der Waals surface area (Å²) in [5, 5.41) is 0. The summed E-state index contributed by atoms with van der Waals surface area (Å²) in [6.45, 7) is 6.82. The van der Waals surface area contributed by atoms with E-state index >= 15 is 0 Å². The van der Waals surface area contributed by atoms with Crippen molar-refractivity contribution < 1.29 is 175 Å². The van der Waals surface area contributed by atoms with Crippen molar-refractivity contribution >= 4 is 10.9 Å². The minimum absolute atomic E-state index is 0. The zero-order chi connectivity index (χ0) is 5.70. The molecule has 0 radical (unpaired) electrons. The molecule has 14 heavy (non-hydrogen) atoms. The van der Waals surface area contributed by atoms with Crippen LogP contribution in [0.1, 0.15) is 20.8 Å². The number of rotatable bonds is 3. The quantitative estimate of drug-likeness (QED) is 0.150. The summed E-state index contributed by atoms with van der Waals surface area (Å²) >= 11 is 0. The fraction of sp³-hybridized carbons (Fsp3) is 1.00. The van der Waals surface area contributed by atoms with Crippen molar-refractivity contribution in [2.45, 2.75) is 20.8 Å². The molecule has 0 aliphatic carbocycles. The average molecular weight is 1150 g/mol. The van der Waals surface area contributed by atoms with Gasteiger partial charge in [0.1, 0.15) is 17.3 Å². The average Bonchev–Trinajstić information content (AvgIpc) is 1.72. The number of hydrogen-bond acceptors (Lipinski definition) is 0. The maximum absolute atomic E-state index is 2.27. The van der Waals surface area contributed by atoms with E-state index in [0.717, 1.165) is 10.9 Å². The third-order valence-electron chi connectivity index (χ3n) is 1.22. The molecule has 0 saturated carbocycles. The molecule has 0 saturated heterocycles. The summed E-state index contributed by atoms with van der Waals surface area (Å²) in [6.07, 6.45) is 0. The van der Waals surface area contributed by atoms with E-state index in [0.29, 0.717) is 0 Å². The molecule has 0 N–H and O–H groups in total. The second-order valence-corrected chi connectivity index (χ2v) is 4.44. The van der Waals surface area contributed by atoms with Crippen molar-refractivity contribution in [2.24, 2.45) is 0 Å². The molecule has 0 aliphatic rings. The van der Waals surface area contributed by atoms with Gasteiger partial charge in [0.2, 0.25) is 0 Å². The maximum Gasteiger partial charge on any atom is 2.00 e. The Morgan fingerprint density at radius 1 is 0.571 bits per heavy atom. The van der Waals surface area contributed by atoms with Crippen LogP contribution in [0.5, 0.6) is 0 Å². The van der Waals surface area contributed by atoms with Crippen LogP contribution in [0.25, 0.3) is 0 Å². The Bertz CT molecular complexity index is 45.7. The molecule has 0 nitrogen and oxygen atoms in total. The van der Waals surface area contributed by atoms with E-state index in [-0.39, 0.29) is 175 Å². The van der Waals surface area contributed by atoms with Gasteiger partial charge in [-0.1, -0.05) is 0 Å². The third kappa shape index (κ3) is 36.1. The van der Waals surface area contributed by atoms with Gasteiger partial charge in [-0.25, -0.2) is 0 Å². The number of halogens is 5. The summed E-state index contributed by atoms with van der Waals surface area (Å²) in [4.78, 5) is 0. The Labute approximate surface area is 219 Å². The first-order valence-electron chi connectivity index (χ1n) is 2.99. The zero-order valence-corrected chi connectivity index (χ0v) is 31.4. The predicted octanol–water partition coefficient (Wildman–Crippen LogP) is -13.3. The second-order valence-electron chi connectivity index (χ2n) is 1.48. The first-order chi connectivity index (χ1) is 3.35. The van der Waals surface area contributed by atoms with Crippen LogP contribution in [0.4, 0.5) is 0 Å². The van der Waals surface area contributed by atoms with E-state index in [1.807, 2.05) is 0 Å². The molecular weight excluding hydrogens is 1140 g/mol. The molecule has 0 aromatic rings. The van der Waals surface area contributed by atoms with E-state index in [2.05, 4.69) is 20.8 Å². The summed E-state index contributed by atoms with van der Waals surface area (Å²) in [5.74, 6) is 4.15. The normalized spacial score (nSPS) is 5.14. The predicted molar refractivity (Wildman–Crippen MR) is 39.0 cm³/mol. The molecule has 0 amide bonds. The monoisotopic (exact) mass is 1160 g/mol. The molecule has 84 valence electrons. The fourth-order valence-electron chi connectivity index (χ4n) is 0.612. The van der Waals surface area contributed by atoms with Crippen LogP contribution < -0.4 is 120 Å². The number of hydrogen-bond donors (Lipinski definition) is 0. The van der Waals surface area contributed by atoms with Gasteiger partial charge in [-0.2, -0.15) is 0 Å². The van der Waals surface area contributed by atoms with Crippen LogP contribution >= 0.6 is 0 Å². The molecule has 0 aliphatic heterocycles. The largest absolute Gasteiger partial charge is 2.00 e. The Hall–Kier alpha value is 5.87. The van der Waals surface area contributed by atoms with E-state index in [1.165, 1.54) is 17.3 Å². The van der Waals surface area contributed by atoms with Crippen molar-refractivity contribution in [1.82, 2.24) is 0 Å². The third-order valence-corrected chi connectivity index (χ3v) is 3.67. The van der Waals surface area contributed by atoms with Crippen molar-refractivity contribution in [1.29, 1.82) is 0 Å². The minimum Gasteiger partial charge on any atom is -1.00 e. The van der Waals surface area contributed by atoms with Gasteiger partial charge in [0.05, 0.1) is 0 Å². The Morgan fingerprint density at radius 3 is 0.714 bits per heavy atom. The van der Waals surface area contributed by atoms with E-state index in [9.17, 15) is 0 Å². The molecule has 0 unspecified atom stereocenters. The Balaban J connectivity index is -0.00000000857. The summed E-state index contributed by atoms with van der Waals surface area (Å²) in [5.41, 5.74) is 0. The van der Waals surface area contributed by atoms with Gasteiger partial charge in [0.25, 0.3) is 0 Å². The molecule has 8 heteroatoms. The topological polar surface area (TPSA) is 0 Å². The molecule has 0 rings (SSSR count). The first-order valence-corrected chi connectivity index (χ1v) is 4.72. The van der Waals surface area contributed by atoms with Crippen molar-refractivity contribution in [3.63, 3.8) is 0 Å². The summed E-state index contributed by atoms with van der Waals surface area (Å²) in [6, 6.07) is 0. The second kappa shape index (κ2) is 42.8. The van der Waals surface area contributed by atoms with E-state index in [4.69, 9.17) is 0 Å². The van der Waals surface area contributed by atoms with Gasteiger partial charge in [0.15, 0.2) is 0 Å². The van der Waals surface area contributed by atoms with Crippen LogP contribution in [-0.2, 0) is 66.2 Å². The molecule has 0 aromatic carbocycles. The van der Waals surface area contributed by atoms with Crippen LogP contribution in [0.2, 0.25) is 0 Å². The summed E-state index contributed by atoms with van der Waals surface area (Å²) in [7, 11) is 0.755. The first kappa shape index (κ1) is 50.2. The van der Waals surface area contributed by atoms with E-state index in [1.54, 1.807) is 0 Å². The summed E-state index contributed by atoms with van der Waals surface area (Å²) < 4.78 is 0. The molecule has 0 bridgehead atoms. The SMILES string of the molecule is CC[S+](CC)CC.[Hg+2].[Hg+2].[I-].[I-].[I-].[I-].[I-]. The van der Waals surface area contributed by atoms with E-state index < -0.39 is 0 Å². The van der Waals surface area contributed by atoms with Crippen LogP contribution in [0.3, 0.4) is 0 Å². The van der Waals surface area contributed by atoms with Gasteiger partial charge in [0, 0.05) is 0 Å². The fourth-order valence-corrected chi connectivity index (χ4v) is 1.84. The van der Waals surface area contributed by atoms with Gasteiger partial charge >= 0.3 is 55.3 Å². The van der Waals surface area contributed by atoms with Gasteiger partial charge in [-0.05, 0) is 31.7 Å². The van der Waals surface area contributed by atoms with Crippen LogP contribution in [-0.4, -0.2) is 17.3 Å². The molecule has 0 heterocycles. The Morgan fingerprint density at radius 2 is 0.714 bits per heavy atom. The molecule has 0 aromatic heterocycles. The Kier molecular flexibility index (Phi) is 153. The van der Waals surface area contributed by atoms with Gasteiger partial charge < -0.3 is 120 Å². The smallest absolute Gasteiger partial charge is 1.00 e. The van der Waals surface area contributed by atoms with Gasteiger partial charge in [-0.15, -0.1) is 0 Å². The van der Waals surface area contributed by atoms with Crippen molar-refractivity contribution in [3.05, 3.63) is 0 Å². The van der Waals surface area contributed by atoms with Gasteiger partial charge in [-0.3, -0.25) is 0 Å². The minimum atomic E-state index is 0. The molecule has 0 atom stereocenters. The molecule has 0 spiro atoms. The molecular formula is C6H15Hg2I5S. The standard InChI is InChI=1S/C6H15S.2Hg.5HI/c1-4-7(5-2)6-3;;;;;;;/h4-6H2,1-3H3;;;5*1H/q+1;2*+2;;;;;/p-5. The maximum atomic E-state index is 2.27. The molecule has 0 fully saturated rings. The van der Waals surface area contributed by atoms with Crippen molar-refractivity contribution in [3.8, 4) is 0 Å². The van der Waals surface area contributed by atoms with Crippen molar-refractivity contribution in [2.75, 3.05) is 17.3 Å².